The van der Waals surface area contributed by atoms with Crippen LogP contribution in [0.4, 0.5) is 0 Å². The third-order valence-electron chi connectivity index (χ3n) is 4.06. The van der Waals surface area contributed by atoms with Crippen LogP contribution in [0.15, 0.2) is 54.6 Å². The normalized spacial score (nSPS) is 14.1. The quantitative estimate of drug-likeness (QED) is 0.731. The lowest BCUT2D eigenvalue weighted by molar-refractivity contribution is -0.106. The van der Waals surface area contributed by atoms with Gasteiger partial charge in [0.2, 0.25) is 0 Å². The Balaban J connectivity index is 0.000000595. The van der Waals surface area contributed by atoms with Crippen molar-refractivity contribution in [1.29, 1.82) is 0 Å². The van der Waals surface area contributed by atoms with Crippen LogP contribution in [0.2, 0.25) is 0 Å². The molecule has 0 aromatic heterocycles. The molecule has 0 atom stereocenters. The van der Waals surface area contributed by atoms with Crippen LogP contribution in [0.25, 0.3) is 0 Å². The number of ether oxygens (including phenoxy) is 1. The number of hydrogen-bond acceptors (Lipinski definition) is 2. The summed E-state index contributed by atoms with van der Waals surface area (Å²) < 4.78 is 5.95. The lowest BCUT2D eigenvalue weighted by Gasteiger charge is -2.11. The van der Waals surface area contributed by atoms with E-state index in [9.17, 15) is 0 Å². The fraction of sp³-hybridized carbons (Fsp3) is 0.381. The maximum Gasteiger partial charge on any atom is 0.116 e. The molecule has 23 heavy (non-hydrogen) atoms. The zero-order valence-corrected chi connectivity index (χ0v) is 13.9. The largest absolute Gasteiger partial charge is 0.374 e. The average Bonchev–Trinajstić information content (AvgIpc) is 3.09. The van der Waals surface area contributed by atoms with Crippen LogP contribution in [-0.4, -0.2) is 12.4 Å². The van der Waals surface area contributed by atoms with Crippen LogP contribution in [0.3, 0.4) is 0 Å². The molecular formula is C21H26O2. The summed E-state index contributed by atoms with van der Waals surface area (Å²) in [5, 5.41) is 0. The summed E-state index contributed by atoms with van der Waals surface area (Å²) in [6.45, 7) is 2.20. The molecule has 0 amide bonds. The fourth-order valence-electron chi connectivity index (χ4n) is 2.85. The molecule has 3 rings (SSSR count). The van der Waals surface area contributed by atoms with Gasteiger partial charge in [-0.3, -0.25) is 0 Å². The number of carbonyl (C=O) groups is 1. The van der Waals surface area contributed by atoms with E-state index in [0.29, 0.717) is 6.10 Å². The van der Waals surface area contributed by atoms with E-state index in [1.54, 1.807) is 0 Å². The molecule has 0 bridgehead atoms. The van der Waals surface area contributed by atoms with E-state index in [2.05, 4.69) is 54.6 Å². The van der Waals surface area contributed by atoms with Crippen LogP contribution in [0, 0.1) is 0 Å². The summed E-state index contributed by atoms with van der Waals surface area (Å²) in [6, 6.07) is 19.5. The minimum atomic E-state index is 0.499. The molecule has 122 valence electrons. The van der Waals surface area contributed by atoms with Gasteiger partial charge < -0.3 is 9.53 Å². The van der Waals surface area contributed by atoms with E-state index in [1.807, 2.05) is 0 Å². The van der Waals surface area contributed by atoms with Crippen molar-refractivity contribution in [3.05, 3.63) is 71.3 Å². The lowest BCUT2D eigenvalue weighted by atomic mass is 10.0. The third-order valence-corrected chi connectivity index (χ3v) is 4.06. The Hall–Kier alpha value is -1.93. The molecule has 2 aromatic carbocycles. The number of carbonyl (C=O) groups excluding carboxylic acids is 1. The van der Waals surface area contributed by atoms with E-state index >= 15 is 0 Å². The van der Waals surface area contributed by atoms with E-state index < -0.39 is 0 Å². The highest BCUT2D eigenvalue weighted by molar-refractivity contribution is 5.44. The van der Waals surface area contributed by atoms with Crippen molar-refractivity contribution in [3.8, 4) is 0 Å². The Morgan fingerprint density at radius 2 is 1.43 bits per heavy atom. The van der Waals surface area contributed by atoms with Crippen molar-refractivity contribution < 1.29 is 9.53 Å². The van der Waals surface area contributed by atoms with Gasteiger partial charge in [-0.15, -0.1) is 0 Å². The molecule has 0 heterocycles. The number of hydrogen-bond donors (Lipinski definition) is 0. The van der Waals surface area contributed by atoms with Crippen LogP contribution in [-0.2, 0) is 22.6 Å². The molecule has 0 radical (unpaired) electrons. The second-order valence-electron chi connectivity index (χ2n) is 5.93. The molecule has 1 fully saturated rings. The van der Waals surface area contributed by atoms with E-state index in [0.717, 1.165) is 19.3 Å². The van der Waals surface area contributed by atoms with Gasteiger partial charge in [0, 0.05) is 0 Å². The van der Waals surface area contributed by atoms with Crippen molar-refractivity contribution in [2.24, 2.45) is 0 Å². The van der Waals surface area contributed by atoms with E-state index in [1.165, 1.54) is 49.3 Å². The summed E-state index contributed by atoms with van der Waals surface area (Å²) in [6.07, 6.45) is 7.41. The molecule has 0 aliphatic heterocycles. The van der Waals surface area contributed by atoms with Gasteiger partial charge >= 0.3 is 0 Å². The zero-order chi connectivity index (χ0) is 16.3. The molecule has 0 saturated heterocycles. The van der Waals surface area contributed by atoms with Crippen molar-refractivity contribution in [1.82, 2.24) is 0 Å². The first-order valence-corrected chi connectivity index (χ1v) is 8.45. The average molecular weight is 310 g/mol. The third kappa shape index (κ3) is 6.37. The summed E-state index contributed by atoms with van der Waals surface area (Å²) in [4.78, 5) is 8.81. The SMILES string of the molecule is CC=O.c1ccc(Cc2ccc(COC3CCCC3)cc2)cc1. The van der Waals surface area contributed by atoms with Crippen molar-refractivity contribution in [3.63, 3.8) is 0 Å². The summed E-state index contributed by atoms with van der Waals surface area (Å²) in [7, 11) is 0. The minimum absolute atomic E-state index is 0.499. The summed E-state index contributed by atoms with van der Waals surface area (Å²) in [5.41, 5.74) is 4.01. The van der Waals surface area contributed by atoms with Crippen molar-refractivity contribution >= 4 is 6.29 Å². The summed E-state index contributed by atoms with van der Waals surface area (Å²) in [5.74, 6) is 0. The van der Waals surface area contributed by atoms with Gasteiger partial charge in [-0.25, -0.2) is 0 Å². The first-order chi connectivity index (χ1) is 11.3. The molecule has 1 saturated carbocycles. The Morgan fingerprint density at radius 1 is 0.913 bits per heavy atom. The first-order valence-electron chi connectivity index (χ1n) is 8.45. The van der Waals surface area contributed by atoms with Crippen LogP contribution in [0.5, 0.6) is 0 Å². The van der Waals surface area contributed by atoms with Gasteiger partial charge in [-0.2, -0.15) is 0 Å². The number of rotatable bonds is 5. The highest BCUT2D eigenvalue weighted by atomic mass is 16.5. The van der Waals surface area contributed by atoms with Crippen LogP contribution >= 0.6 is 0 Å². The van der Waals surface area contributed by atoms with Crippen molar-refractivity contribution in [2.45, 2.75) is 51.7 Å². The Bertz CT molecular complexity index is 554. The van der Waals surface area contributed by atoms with Gasteiger partial charge in [0.15, 0.2) is 0 Å². The molecule has 2 aromatic rings. The first kappa shape index (κ1) is 17.4. The second kappa shape index (κ2) is 9.96. The Labute approximate surface area is 139 Å². The van der Waals surface area contributed by atoms with Gasteiger partial charge in [0.05, 0.1) is 12.7 Å². The van der Waals surface area contributed by atoms with Gasteiger partial charge in [0.25, 0.3) is 0 Å². The monoisotopic (exact) mass is 310 g/mol. The summed E-state index contributed by atoms with van der Waals surface area (Å²) >= 11 is 0. The molecule has 0 spiro atoms. The highest BCUT2D eigenvalue weighted by Crippen LogP contribution is 2.22. The maximum atomic E-state index is 8.81. The van der Waals surface area contributed by atoms with Gasteiger partial charge in [0.1, 0.15) is 6.29 Å². The Morgan fingerprint density at radius 3 is 2.04 bits per heavy atom. The molecule has 1 aliphatic carbocycles. The predicted octanol–water partition coefficient (Wildman–Crippen LogP) is 4.94. The standard InChI is InChI=1S/C19H22O.C2H4O/c1-2-6-16(7-3-1)14-17-10-12-18(13-11-17)15-20-19-8-4-5-9-19;1-2-3/h1-3,6-7,10-13,19H,4-5,8-9,14-15H2;2H,1H3. The molecule has 0 N–H and O–H groups in total. The van der Waals surface area contributed by atoms with Crippen molar-refractivity contribution in [2.75, 3.05) is 0 Å². The molecule has 1 aliphatic rings. The fourth-order valence-corrected chi connectivity index (χ4v) is 2.85. The smallest absolute Gasteiger partial charge is 0.116 e. The van der Waals surface area contributed by atoms with Gasteiger partial charge in [-0.05, 0) is 42.9 Å². The van der Waals surface area contributed by atoms with Crippen LogP contribution < -0.4 is 0 Å². The molecule has 0 unspecified atom stereocenters. The molecular weight excluding hydrogens is 284 g/mol. The second-order valence-corrected chi connectivity index (χ2v) is 5.93. The molecule has 2 heteroatoms. The van der Waals surface area contributed by atoms with E-state index in [4.69, 9.17) is 9.53 Å². The number of aldehydes is 1. The maximum absolute atomic E-state index is 8.81. The van der Waals surface area contributed by atoms with Gasteiger partial charge in [-0.1, -0.05) is 67.4 Å². The Kier molecular flexibility index (Phi) is 7.55. The number of benzene rings is 2. The lowest BCUT2D eigenvalue weighted by Crippen LogP contribution is -2.07. The van der Waals surface area contributed by atoms with E-state index in [-0.39, 0.29) is 0 Å². The minimum Gasteiger partial charge on any atom is -0.374 e. The highest BCUT2D eigenvalue weighted by Gasteiger charge is 2.14. The predicted molar refractivity (Wildman–Crippen MR) is 94.5 cm³/mol. The van der Waals surface area contributed by atoms with Crippen LogP contribution in [0.1, 0.15) is 49.3 Å². The molecule has 2 nitrogen and oxygen atoms in total. The topological polar surface area (TPSA) is 26.3 Å². The zero-order valence-electron chi connectivity index (χ0n) is 13.9.